The van der Waals surface area contributed by atoms with Gasteiger partial charge in [-0.05, 0) is 48.6 Å². The Morgan fingerprint density at radius 2 is 2.00 bits per heavy atom. The van der Waals surface area contributed by atoms with E-state index in [-0.39, 0.29) is 11.7 Å². The zero-order valence-corrected chi connectivity index (χ0v) is 17.7. The molecular weight excluding hydrogens is 384 g/mol. The Morgan fingerprint density at radius 3 is 2.72 bits per heavy atom. The lowest BCUT2D eigenvalue weighted by Gasteiger charge is -2.22. The molecule has 29 heavy (non-hydrogen) atoms. The first-order valence-corrected chi connectivity index (χ1v) is 11.1. The predicted octanol–water partition coefficient (Wildman–Crippen LogP) is 4.75. The van der Waals surface area contributed by atoms with Crippen molar-refractivity contribution in [1.82, 2.24) is 9.55 Å². The van der Waals surface area contributed by atoms with Gasteiger partial charge in [-0.25, -0.2) is 4.98 Å². The van der Waals surface area contributed by atoms with E-state index in [1.54, 1.807) is 16.3 Å². The molecule has 4 rings (SSSR count). The Labute approximate surface area is 175 Å². The van der Waals surface area contributed by atoms with Crippen molar-refractivity contribution >= 4 is 22.7 Å². The van der Waals surface area contributed by atoms with Crippen LogP contribution in [0.3, 0.4) is 0 Å². The number of para-hydroxylation sites is 1. The van der Waals surface area contributed by atoms with Gasteiger partial charge in [0.2, 0.25) is 0 Å². The summed E-state index contributed by atoms with van der Waals surface area (Å²) in [4.78, 5) is 18.1. The first-order chi connectivity index (χ1) is 14.2. The highest BCUT2D eigenvalue weighted by molar-refractivity contribution is 7.99. The van der Waals surface area contributed by atoms with Crippen LogP contribution in [0.15, 0.2) is 58.5 Å². The van der Waals surface area contributed by atoms with Gasteiger partial charge in [0, 0.05) is 5.75 Å². The lowest BCUT2D eigenvalue weighted by atomic mass is 9.98. The van der Waals surface area contributed by atoms with E-state index in [2.05, 4.69) is 26.0 Å². The molecule has 0 aliphatic carbocycles. The second kappa shape index (κ2) is 9.11. The molecule has 0 spiro atoms. The molecule has 2 heterocycles. The van der Waals surface area contributed by atoms with E-state index in [0.29, 0.717) is 29.9 Å². The minimum absolute atomic E-state index is 0.0396. The van der Waals surface area contributed by atoms with Crippen molar-refractivity contribution in [3.8, 4) is 5.69 Å². The first-order valence-electron chi connectivity index (χ1n) is 10.1. The quantitative estimate of drug-likeness (QED) is 0.433. The molecule has 1 aliphatic heterocycles. The molecule has 0 amide bonds. The van der Waals surface area contributed by atoms with Crippen LogP contribution in [-0.2, 0) is 9.47 Å². The smallest absolute Gasteiger partial charge is 0.266 e. The summed E-state index contributed by atoms with van der Waals surface area (Å²) >= 11 is 1.56. The van der Waals surface area contributed by atoms with Crippen molar-refractivity contribution < 1.29 is 9.47 Å². The van der Waals surface area contributed by atoms with Crippen LogP contribution in [0, 0.1) is 0 Å². The van der Waals surface area contributed by atoms with Gasteiger partial charge in [-0.15, -0.1) is 0 Å². The summed E-state index contributed by atoms with van der Waals surface area (Å²) in [6.45, 7) is 5.44. The molecule has 6 heteroatoms. The Hall–Kier alpha value is -2.15. The van der Waals surface area contributed by atoms with Crippen LogP contribution >= 0.6 is 11.8 Å². The molecule has 1 aliphatic rings. The standard InChI is InChI=1S/C23H26N2O3S/c1-3-16(2)17-8-10-18(11-9-17)25-22(26)20-6-4-5-7-21(20)24-23(25)29-14-19-12-13-27-15-28-19/h4-11,16,19H,3,12-15H2,1-2H3/t16-,19+/m1/s1. The van der Waals surface area contributed by atoms with Crippen molar-refractivity contribution in [2.45, 2.75) is 43.9 Å². The molecular formula is C23H26N2O3S. The molecule has 152 valence electrons. The van der Waals surface area contributed by atoms with Crippen molar-refractivity contribution in [2.75, 3.05) is 19.2 Å². The summed E-state index contributed by atoms with van der Waals surface area (Å²) in [6, 6.07) is 15.8. The highest BCUT2D eigenvalue weighted by Gasteiger charge is 2.18. The molecule has 0 unspecified atom stereocenters. The number of ether oxygens (including phenoxy) is 2. The van der Waals surface area contributed by atoms with Crippen molar-refractivity contribution in [2.24, 2.45) is 0 Å². The van der Waals surface area contributed by atoms with Gasteiger partial charge < -0.3 is 9.47 Å². The van der Waals surface area contributed by atoms with Gasteiger partial charge in [-0.1, -0.05) is 49.9 Å². The zero-order chi connectivity index (χ0) is 20.2. The van der Waals surface area contributed by atoms with Gasteiger partial charge in [0.05, 0.1) is 29.3 Å². The van der Waals surface area contributed by atoms with Gasteiger partial charge >= 0.3 is 0 Å². The fraction of sp³-hybridized carbons (Fsp3) is 0.391. The molecule has 1 saturated heterocycles. The average Bonchev–Trinajstić information content (AvgIpc) is 2.78. The largest absolute Gasteiger partial charge is 0.355 e. The van der Waals surface area contributed by atoms with Crippen LogP contribution in [0.5, 0.6) is 0 Å². The Bertz CT molecular complexity index is 1030. The van der Waals surface area contributed by atoms with E-state index in [0.717, 1.165) is 29.8 Å². The van der Waals surface area contributed by atoms with Crippen LogP contribution in [0.25, 0.3) is 16.6 Å². The van der Waals surface area contributed by atoms with Crippen LogP contribution < -0.4 is 5.56 Å². The number of hydrogen-bond donors (Lipinski definition) is 0. The fourth-order valence-corrected chi connectivity index (χ4v) is 4.50. The molecule has 0 saturated carbocycles. The molecule has 2 atom stereocenters. The lowest BCUT2D eigenvalue weighted by Crippen LogP contribution is -2.27. The predicted molar refractivity (Wildman–Crippen MR) is 117 cm³/mol. The van der Waals surface area contributed by atoms with Crippen LogP contribution in [0.1, 0.15) is 38.2 Å². The SMILES string of the molecule is CC[C@@H](C)c1ccc(-n2c(SC[C@@H]3CCOCO3)nc3ccccc3c2=O)cc1. The monoisotopic (exact) mass is 410 g/mol. The molecule has 2 aromatic carbocycles. The Kier molecular flexibility index (Phi) is 6.33. The zero-order valence-electron chi connectivity index (χ0n) is 16.8. The van der Waals surface area contributed by atoms with Gasteiger partial charge in [0.25, 0.3) is 5.56 Å². The first kappa shape index (κ1) is 20.1. The fourth-order valence-electron chi connectivity index (χ4n) is 3.42. The van der Waals surface area contributed by atoms with E-state index in [1.807, 2.05) is 36.4 Å². The van der Waals surface area contributed by atoms with E-state index < -0.39 is 0 Å². The summed E-state index contributed by atoms with van der Waals surface area (Å²) < 4.78 is 12.6. The summed E-state index contributed by atoms with van der Waals surface area (Å²) in [5, 5.41) is 1.32. The van der Waals surface area contributed by atoms with Crippen LogP contribution in [0.2, 0.25) is 0 Å². The number of rotatable bonds is 6. The number of hydrogen-bond acceptors (Lipinski definition) is 5. The molecule has 0 N–H and O–H groups in total. The number of nitrogens with zero attached hydrogens (tertiary/aromatic N) is 2. The summed E-state index contributed by atoms with van der Waals surface area (Å²) in [6.07, 6.45) is 2.05. The summed E-state index contributed by atoms with van der Waals surface area (Å²) in [5.74, 6) is 1.23. The molecule has 5 nitrogen and oxygen atoms in total. The maximum Gasteiger partial charge on any atom is 0.266 e. The van der Waals surface area contributed by atoms with Crippen LogP contribution in [-0.4, -0.2) is 34.8 Å². The number of fused-ring (bicyclic) bond motifs is 1. The third kappa shape index (κ3) is 4.39. The summed E-state index contributed by atoms with van der Waals surface area (Å²) in [5.41, 5.74) is 2.81. The van der Waals surface area contributed by atoms with E-state index in [9.17, 15) is 4.79 Å². The highest BCUT2D eigenvalue weighted by atomic mass is 32.2. The molecule has 1 fully saturated rings. The lowest BCUT2D eigenvalue weighted by molar-refractivity contribution is -0.130. The molecule has 0 bridgehead atoms. The number of thioether (sulfide) groups is 1. The molecule has 3 aromatic rings. The number of aromatic nitrogens is 2. The van der Waals surface area contributed by atoms with Crippen molar-refractivity contribution in [3.63, 3.8) is 0 Å². The topological polar surface area (TPSA) is 53.4 Å². The minimum Gasteiger partial charge on any atom is -0.355 e. The summed E-state index contributed by atoms with van der Waals surface area (Å²) in [7, 11) is 0. The second-order valence-corrected chi connectivity index (χ2v) is 8.35. The Morgan fingerprint density at radius 1 is 1.21 bits per heavy atom. The maximum atomic E-state index is 13.3. The van der Waals surface area contributed by atoms with Gasteiger partial charge in [-0.3, -0.25) is 9.36 Å². The van der Waals surface area contributed by atoms with E-state index >= 15 is 0 Å². The second-order valence-electron chi connectivity index (χ2n) is 7.37. The van der Waals surface area contributed by atoms with E-state index in [4.69, 9.17) is 14.5 Å². The number of benzene rings is 2. The Balaban J connectivity index is 1.73. The van der Waals surface area contributed by atoms with Gasteiger partial charge in [-0.2, -0.15) is 0 Å². The normalized spacial score (nSPS) is 18.1. The maximum absolute atomic E-state index is 13.3. The van der Waals surface area contributed by atoms with Crippen molar-refractivity contribution in [1.29, 1.82) is 0 Å². The third-order valence-electron chi connectivity index (χ3n) is 5.45. The average molecular weight is 411 g/mol. The van der Waals surface area contributed by atoms with E-state index in [1.165, 1.54) is 5.56 Å². The molecule has 0 radical (unpaired) electrons. The third-order valence-corrected chi connectivity index (χ3v) is 6.52. The van der Waals surface area contributed by atoms with Crippen LogP contribution in [0.4, 0.5) is 0 Å². The molecule has 1 aromatic heterocycles. The minimum atomic E-state index is -0.0396. The van der Waals surface area contributed by atoms with Gasteiger partial charge in [0.15, 0.2) is 5.16 Å². The van der Waals surface area contributed by atoms with Crippen molar-refractivity contribution in [3.05, 3.63) is 64.4 Å². The van der Waals surface area contributed by atoms with Gasteiger partial charge in [0.1, 0.15) is 6.79 Å². The highest BCUT2D eigenvalue weighted by Crippen LogP contribution is 2.25.